The van der Waals surface area contributed by atoms with Crippen molar-refractivity contribution in [1.29, 1.82) is 0 Å². The second-order valence-electron chi connectivity index (χ2n) is 2.71. The van der Waals surface area contributed by atoms with Crippen molar-refractivity contribution in [1.82, 2.24) is 9.78 Å². The third-order valence-corrected chi connectivity index (χ3v) is 2.37. The Morgan fingerprint density at radius 2 is 1.79 bits per heavy atom. The fraction of sp³-hybridized carbons (Fsp3) is 0. The first-order chi connectivity index (χ1) is 6.68. The Morgan fingerprint density at radius 3 is 2.29 bits per heavy atom. The second kappa shape index (κ2) is 3.52. The van der Waals surface area contributed by atoms with Gasteiger partial charge in [0.15, 0.2) is 10.9 Å². The lowest BCUT2D eigenvalue weighted by Gasteiger charge is -2.01. The van der Waals surface area contributed by atoms with Crippen LogP contribution in [0, 0.1) is 0 Å². The van der Waals surface area contributed by atoms with Crippen molar-refractivity contribution in [2.45, 2.75) is 0 Å². The molecule has 0 bridgehead atoms. The molecule has 0 saturated heterocycles. The monoisotopic (exact) mass is 228 g/mol. The van der Waals surface area contributed by atoms with Crippen LogP contribution in [0.25, 0.3) is 5.69 Å². The quantitative estimate of drug-likeness (QED) is 0.816. The molecule has 14 heavy (non-hydrogen) atoms. The molecule has 0 fully saturated rings. The summed E-state index contributed by atoms with van der Waals surface area (Å²) in [5.74, 6) is -0.0402. The van der Waals surface area contributed by atoms with Gasteiger partial charge in [-0.05, 0) is 24.3 Å². The number of rotatable bonds is 1. The molecule has 1 N–H and O–H groups in total. The molecule has 2 rings (SSSR count). The van der Waals surface area contributed by atoms with Crippen LogP contribution in [0.15, 0.2) is 30.5 Å². The van der Waals surface area contributed by atoms with Crippen molar-refractivity contribution in [2.24, 2.45) is 0 Å². The maximum Gasteiger partial charge on any atom is 0.174 e. The fourth-order valence-corrected chi connectivity index (χ4v) is 1.40. The minimum absolute atomic E-state index is 0.0402. The summed E-state index contributed by atoms with van der Waals surface area (Å²) >= 11 is 11.5. The van der Waals surface area contributed by atoms with Crippen molar-refractivity contribution in [3.63, 3.8) is 0 Å². The molecule has 2 aromatic rings. The minimum Gasteiger partial charge on any atom is -0.504 e. The van der Waals surface area contributed by atoms with E-state index in [4.69, 9.17) is 23.2 Å². The number of aromatic hydroxyl groups is 1. The predicted molar refractivity (Wildman–Crippen MR) is 55.2 cm³/mol. The molecule has 0 aliphatic carbocycles. The molecule has 1 aromatic heterocycles. The predicted octanol–water partition coefficient (Wildman–Crippen LogP) is 2.88. The highest BCUT2D eigenvalue weighted by atomic mass is 35.5. The van der Waals surface area contributed by atoms with Crippen LogP contribution >= 0.6 is 23.2 Å². The van der Waals surface area contributed by atoms with Gasteiger partial charge < -0.3 is 5.11 Å². The second-order valence-corrected chi connectivity index (χ2v) is 3.50. The Balaban J connectivity index is 2.49. The zero-order valence-corrected chi connectivity index (χ0v) is 8.50. The Hall–Kier alpha value is -1.19. The molecule has 72 valence electrons. The van der Waals surface area contributed by atoms with Crippen LogP contribution in [-0.2, 0) is 0 Å². The summed E-state index contributed by atoms with van der Waals surface area (Å²) in [7, 11) is 0. The van der Waals surface area contributed by atoms with E-state index in [1.807, 2.05) is 0 Å². The van der Waals surface area contributed by atoms with Gasteiger partial charge in [-0.1, -0.05) is 23.2 Å². The summed E-state index contributed by atoms with van der Waals surface area (Å²) < 4.78 is 1.42. The lowest BCUT2D eigenvalue weighted by Crippen LogP contribution is -1.94. The Bertz CT molecular complexity index is 450. The highest BCUT2D eigenvalue weighted by Gasteiger charge is 2.07. The average Bonchev–Trinajstić information content (AvgIpc) is 2.50. The molecule has 5 heteroatoms. The van der Waals surface area contributed by atoms with Crippen LogP contribution in [0.4, 0.5) is 0 Å². The third-order valence-electron chi connectivity index (χ3n) is 1.76. The first-order valence-corrected chi connectivity index (χ1v) is 4.62. The number of halogens is 2. The highest BCUT2D eigenvalue weighted by Crippen LogP contribution is 2.25. The Labute approximate surface area is 90.5 Å². The number of hydrogen-bond acceptors (Lipinski definition) is 2. The van der Waals surface area contributed by atoms with Crippen molar-refractivity contribution in [2.75, 3.05) is 0 Å². The minimum atomic E-state index is -0.0402. The molecule has 0 radical (unpaired) electrons. The maximum atomic E-state index is 9.21. The van der Waals surface area contributed by atoms with Gasteiger partial charge in [0.2, 0.25) is 0 Å². The van der Waals surface area contributed by atoms with E-state index in [9.17, 15) is 5.11 Å². The van der Waals surface area contributed by atoms with Gasteiger partial charge in [-0.25, -0.2) is 4.68 Å². The zero-order chi connectivity index (χ0) is 10.1. The molecule has 0 atom stereocenters. The maximum absolute atomic E-state index is 9.21. The van der Waals surface area contributed by atoms with Gasteiger partial charge in [0.1, 0.15) is 0 Å². The van der Waals surface area contributed by atoms with E-state index in [1.165, 1.54) is 10.9 Å². The van der Waals surface area contributed by atoms with Crippen LogP contribution in [0.5, 0.6) is 5.75 Å². The van der Waals surface area contributed by atoms with Gasteiger partial charge in [0.05, 0.1) is 11.9 Å². The van der Waals surface area contributed by atoms with E-state index in [1.54, 1.807) is 24.3 Å². The normalized spacial score (nSPS) is 10.4. The van der Waals surface area contributed by atoms with Crippen LogP contribution in [-0.4, -0.2) is 14.9 Å². The lowest BCUT2D eigenvalue weighted by atomic mass is 10.3. The summed E-state index contributed by atoms with van der Waals surface area (Å²) in [6.07, 6.45) is 1.29. The lowest BCUT2D eigenvalue weighted by molar-refractivity contribution is 0.475. The average molecular weight is 229 g/mol. The molecule has 0 spiro atoms. The number of aromatic nitrogens is 2. The van der Waals surface area contributed by atoms with E-state index in [2.05, 4.69) is 5.10 Å². The number of nitrogens with zero attached hydrogens (tertiary/aromatic N) is 2. The summed E-state index contributed by atoms with van der Waals surface area (Å²) in [5.41, 5.74) is 0.750. The smallest absolute Gasteiger partial charge is 0.174 e. The van der Waals surface area contributed by atoms with Crippen molar-refractivity contribution < 1.29 is 5.11 Å². The molecule has 1 aromatic carbocycles. The van der Waals surface area contributed by atoms with Gasteiger partial charge in [0, 0.05) is 5.02 Å². The fourth-order valence-electron chi connectivity index (χ4n) is 1.09. The van der Waals surface area contributed by atoms with Crippen molar-refractivity contribution in [3.05, 3.63) is 40.6 Å². The molecule has 0 unspecified atom stereocenters. The van der Waals surface area contributed by atoms with Crippen molar-refractivity contribution >= 4 is 23.2 Å². The van der Waals surface area contributed by atoms with Crippen molar-refractivity contribution in [3.8, 4) is 11.4 Å². The molecule has 0 saturated carbocycles. The topological polar surface area (TPSA) is 38.1 Å². The standard InChI is InChI=1S/C9H6Cl2N2O/c10-6-1-3-7(4-2-6)13-9(11)8(14)5-12-13/h1-5,14H. The first kappa shape index (κ1) is 9.37. The number of hydrogen-bond donors (Lipinski definition) is 1. The van der Waals surface area contributed by atoms with Crippen LogP contribution in [0.1, 0.15) is 0 Å². The molecular weight excluding hydrogens is 223 g/mol. The Morgan fingerprint density at radius 1 is 1.14 bits per heavy atom. The number of benzene rings is 1. The first-order valence-electron chi connectivity index (χ1n) is 3.87. The van der Waals surface area contributed by atoms with Crippen LogP contribution in [0.3, 0.4) is 0 Å². The van der Waals surface area contributed by atoms with Gasteiger partial charge in [-0.15, -0.1) is 0 Å². The van der Waals surface area contributed by atoms with E-state index in [-0.39, 0.29) is 10.9 Å². The third kappa shape index (κ3) is 1.56. The summed E-state index contributed by atoms with van der Waals surface area (Å²) in [6.45, 7) is 0. The molecule has 0 amide bonds. The van der Waals surface area contributed by atoms with Gasteiger partial charge in [-0.2, -0.15) is 5.10 Å². The van der Waals surface area contributed by atoms with E-state index < -0.39 is 0 Å². The van der Waals surface area contributed by atoms with Gasteiger partial charge >= 0.3 is 0 Å². The molecule has 0 aliphatic heterocycles. The van der Waals surface area contributed by atoms with Crippen LogP contribution in [0.2, 0.25) is 10.2 Å². The van der Waals surface area contributed by atoms with E-state index >= 15 is 0 Å². The summed E-state index contributed by atoms with van der Waals surface area (Å²) in [4.78, 5) is 0. The largest absolute Gasteiger partial charge is 0.504 e. The molecule has 3 nitrogen and oxygen atoms in total. The molecule has 1 heterocycles. The summed E-state index contributed by atoms with van der Waals surface area (Å²) in [6, 6.07) is 6.99. The SMILES string of the molecule is Oc1cnn(-c2ccc(Cl)cc2)c1Cl. The van der Waals surface area contributed by atoms with E-state index in [0.29, 0.717) is 5.02 Å². The Kier molecular flexibility index (Phi) is 2.35. The molecule has 0 aliphatic rings. The molecular formula is C9H6Cl2N2O. The zero-order valence-electron chi connectivity index (χ0n) is 6.98. The summed E-state index contributed by atoms with van der Waals surface area (Å²) in [5, 5.41) is 13.9. The van der Waals surface area contributed by atoms with Gasteiger partial charge in [0.25, 0.3) is 0 Å². The van der Waals surface area contributed by atoms with E-state index in [0.717, 1.165) is 5.69 Å². The highest BCUT2D eigenvalue weighted by molar-refractivity contribution is 6.31. The van der Waals surface area contributed by atoms with Crippen LogP contribution < -0.4 is 0 Å². The van der Waals surface area contributed by atoms with Gasteiger partial charge in [-0.3, -0.25) is 0 Å².